The van der Waals surface area contributed by atoms with Gasteiger partial charge >= 0.3 is 0 Å². The average molecular weight is 203 g/mol. The van der Waals surface area contributed by atoms with Crippen molar-refractivity contribution in [2.24, 2.45) is 5.92 Å². The Hall–Kier alpha value is -0.610. The van der Waals surface area contributed by atoms with Crippen LogP contribution in [-0.2, 0) is 9.53 Å². The number of aliphatic hydroxyl groups is 1. The first-order valence-corrected chi connectivity index (χ1v) is 5.08. The lowest BCUT2D eigenvalue weighted by atomic mass is 10.2. The number of carbonyl (C=O) groups excluding carboxylic acids is 1. The molecule has 0 bridgehead atoms. The van der Waals surface area contributed by atoms with E-state index in [4.69, 9.17) is 4.74 Å². The van der Waals surface area contributed by atoms with Gasteiger partial charge < -0.3 is 15.2 Å². The largest absolute Gasteiger partial charge is 0.389 e. The highest BCUT2D eigenvalue weighted by molar-refractivity contribution is 5.75. The summed E-state index contributed by atoms with van der Waals surface area (Å²) in [6, 6.07) is 0. The van der Waals surface area contributed by atoms with Crippen molar-refractivity contribution in [2.75, 3.05) is 19.8 Å². The molecule has 4 heteroatoms. The Morgan fingerprint density at radius 1 is 1.43 bits per heavy atom. The summed E-state index contributed by atoms with van der Waals surface area (Å²) in [6.45, 7) is 7.05. The molecule has 0 aliphatic heterocycles. The molecule has 0 aromatic heterocycles. The molecule has 1 amide bonds. The SMILES string of the molecule is CCC(=O)NCC(O)COCC(C)C. The van der Waals surface area contributed by atoms with Crippen molar-refractivity contribution >= 4 is 5.91 Å². The first-order valence-electron chi connectivity index (χ1n) is 5.08. The number of hydrogen-bond donors (Lipinski definition) is 2. The van der Waals surface area contributed by atoms with Crippen molar-refractivity contribution < 1.29 is 14.6 Å². The predicted octanol–water partition coefficient (Wildman–Crippen LogP) is 0.546. The first kappa shape index (κ1) is 13.4. The third kappa shape index (κ3) is 8.01. The predicted molar refractivity (Wildman–Crippen MR) is 55.0 cm³/mol. The zero-order valence-electron chi connectivity index (χ0n) is 9.25. The van der Waals surface area contributed by atoms with Gasteiger partial charge in [0, 0.05) is 19.6 Å². The van der Waals surface area contributed by atoms with Crippen molar-refractivity contribution in [1.82, 2.24) is 5.32 Å². The molecule has 0 rings (SSSR count). The summed E-state index contributed by atoms with van der Waals surface area (Å²) in [5.41, 5.74) is 0. The summed E-state index contributed by atoms with van der Waals surface area (Å²) in [7, 11) is 0. The summed E-state index contributed by atoms with van der Waals surface area (Å²) in [4.78, 5) is 10.8. The summed E-state index contributed by atoms with van der Waals surface area (Å²) in [5.74, 6) is 0.417. The number of aliphatic hydroxyl groups excluding tert-OH is 1. The van der Waals surface area contributed by atoms with Gasteiger partial charge in [0.2, 0.25) is 5.91 Å². The van der Waals surface area contributed by atoms with Crippen molar-refractivity contribution in [3.63, 3.8) is 0 Å². The second-order valence-electron chi connectivity index (χ2n) is 3.74. The molecule has 0 aromatic rings. The smallest absolute Gasteiger partial charge is 0.219 e. The zero-order valence-corrected chi connectivity index (χ0v) is 9.25. The molecule has 0 saturated carbocycles. The molecule has 0 fully saturated rings. The van der Waals surface area contributed by atoms with Crippen LogP contribution in [-0.4, -0.2) is 36.9 Å². The van der Waals surface area contributed by atoms with Crippen LogP contribution in [0.25, 0.3) is 0 Å². The first-order chi connectivity index (χ1) is 6.56. The number of rotatable bonds is 7. The molecule has 0 radical (unpaired) electrons. The van der Waals surface area contributed by atoms with Crippen LogP contribution in [0.1, 0.15) is 27.2 Å². The van der Waals surface area contributed by atoms with Crippen molar-refractivity contribution in [1.29, 1.82) is 0 Å². The minimum Gasteiger partial charge on any atom is -0.389 e. The lowest BCUT2D eigenvalue weighted by molar-refractivity contribution is -0.121. The molecular formula is C10H21NO3. The maximum atomic E-state index is 10.8. The van der Waals surface area contributed by atoms with Crippen molar-refractivity contribution in [3.05, 3.63) is 0 Å². The van der Waals surface area contributed by atoms with Crippen LogP contribution in [0.5, 0.6) is 0 Å². The van der Waals surface area contributed by atoms with E-state index in [-0.39, 0.29) is 19.1 Å². The number of carbonyl (C=O) groups is 1. The van der Waals surface area contributed by atoms with Gasteiger partial charge in [-0.3, -0.25) is 4.79 Å². The monoisotopic (exact) mass is 203 g/mol. The number of ether oxygens (including phenoxy) is 1. The van der Waals surface area contributed by atoms with E-state index in [2.05, 4.69) is 5.32 Å². The van der Waals surface area contributed by atoms with Gasteiger partial charge in [0.15, 0.2) is 0 Å². The Morgan fingerprint density at radius 2 is 2.07 bits per heavy atom. The molecule has 1 unspecified atom stereocenters. The van der Waals surface area contributed by atoms with E-state index >= 15 is 0 Å². The molecule has 1 atom stereocenters. The van der Waals surface area contributed by atoms with E-state index < -0.39 is 6.10 Å². The zero-order chi connectivity index (χ0) is 11.0. The fourth-order valence-electron chi connectivity index (χ4n) is 0.855. The highest BCUT2D eigenvalue weighted by Crippen LogP contribution is 1.93. The van der Waals surface area contributed by atoms with Crippen molar-refractivity contribution in [2.45, 2.75) is 33.3 Å². The third-order valence-corrected chi connectivity index (χ3v) is 1.62. The highest BCUT2D eigenvalue weighted by Gasteiger charge is 2.06. The number of nitrogens with one attached hydrogen (secondary N) is 1. The third-order valence-electron chi connectivity index (χ3n) is 1.62. The molecule has 0 spiro atoms. The molecule has 0 aliphatic carbocycles. The maximum Gasteiger partial charge on any atom is 0.219 e. The summed E-state index contributed by atoms with van der Waals surface area (Å²) >= 11 is 0. The van der Waals surface area contributed by atoms with Gasteiger partial charge in [-0.15, -0.1) is 0 Å². The molecule has 84 valence electrons. The van der Waals surface area contributed by atoms with E-state index in [9.17, 15) is 9.90 Å². The Balaban J connectivity index is 3.36. The molecule has 0 heterocycles. The standard InChI is InChI=1S/C10H21NO3/c1-4-10(13)11-5-9(12)7-14-6-8(2)3/h8-9,12H,4-7H2,1-3H3,(H,11,13). The molecule has 2 N–H and O–H groups in total. The van der Waals surface area contributed by atoms with Crippen LogP contribution in [0.4, 0.5) is 0 Å². The Morgan fingerprint density at radius 3 is 2.57 bits per heavy atom. The van der Waals surface area contributed by atoms with E-state index in [0.29, 0.717) is 18.9 Å². The van der Waals surface area contributed by atoms with Gasteiger partial charge in [-0.1, -0.05) is 20.8 Å². The maximum absolute atomic E-state index is 10.8. The summed E-state index contributed by atoms with van der Waals surface area (Å²) < 4.78 is 5.22. The normalized spacial score (nSPS) is 12.9. The quantitative estimate of drug-likeness (QED) is 0.635. The molecular weight excluding hydrogens is 182 g/mol. The number of hydrogen-bond acceptors (Lipinski definition) is 3. The van der Waals surface area contributed by atoms with Gasteiger partial charge in [-0.05, 0) is 5.92 Å². The van der Waals surface area contributed by atoms with Crippen molar-refractivity contribution in [3.8, 4) is 0 Å². The highest BCUT2D eigenvalue weighted by atomic mass is 16.5. The van der Waals surface area contributed by atoms with E-state index in [1.807, 2.05) is 13.8 Å². The lowest BCUT2D eigenvalue weighted by Crippen LogP contribution is -2.34. The van der Waals surface area contributed by atoms with Crippen LogP contribution < -0.4 is 5.32 Å². The molecule has 0 saturated heterocycles. The molecule has 14 heavy (non-hydrogen) atoms. The fourth-order valence-corrected chi connectivity index (χ4v) is 0.855. The minimum atomic E-state index is -0.607. The van der Waals surface area contributed by atoms with Crippen LogP contribution >= 0.6 is 0 Å². The lowest BCUT2D eigenvalue weighted by Gasteiger charge is -2.13. The summed E-state index contributed by atoms with van der Waals surface area (Å²) in [6.07, 6.45) is -0.163. The molecule has 4 nitrogen and oxygen atoms in total. The minimum absolute atomic E-state index is 0.0482. The number of amides is 1. The second-order valence-corrected chi connectivity index (χ2v) is 3.74. The fraction of sp³-hybridized carbons (Fsp3) is 0.900. The van der Waals surface area contributed by atoms with Gasteiger partial charge in [0.05, 0.1) is 12.7 Å². The molecule has 0 aliphatic rings. The second kappa shape index (κ2) is 7.76. The average Bonchev–Trinajstić information content (AvgIpc) is 2.13. The molecule has 0 aromatic carbocycles. The Labute approximate surface area is 85.6 Å². The van der Waals surface area contributed by atoms with E-state index in [0.717, 1.165) is 0 Å². The van der Waals surface area contributed by atoms with E-state index in [1.54, 1.807) is 6.92 Å². The van der Waals surface area contributed by atoms with Crippen LogP contribution in [0.3, 0.4) is 0 Å². The van der Waals surface area contributed by atoms with Crippen LogP contribution in [0, 0.1) is 5.92 Å². The van der Waals surface area contributed by atoms with Gasteiger partial charge in [-0.2, -0.15) is 0 Å². The Bertz CT molecular complexity index is 159. The van der Waals surface area contributed by atoms with Crippen LogP contribution in [0.15, 0.2) is 0 Å². The van der Waals surface area contributed by atoms with Gasteiger partial charge in [0.1, 0.15) is 0 Å². The summed E-state index contributed by atoms with van der Waals surface area (Å²) in [5, 5.41) is 12.0. The van der Waals surface area contributed by atoms with E-state index in [1.165, 1.54) is 0 Å². The van der Waals surface area contributed by atoms with Gasteiger partial charge in [-0.25, -0.2) is 0 Å². The van der Waals surface area contributed by atoms with Gasteiger partial charge in [0.25, 0.3) is 0 Å². The topological polar surface area (TPSA) is 58.6 Å². The Kier molecular flexibility index (Phi) is 7.42. The van der Waals surface area contributed by atoms with Crippen LogP contribution in [0.2, 0.25) is 0 Å².